The fourth-order valence-corrected chi connectivity index (χ4v) is 2.38. The molecular formula is C13H18N2O2. The second-order valence-electron chi connectivity index (χ2n) is 4.64. The Kier molecular flexibility index (Phi) is 3.74. The zero-order valence-corrected chi connectivity index (χ0v) is 10.0. The number of aliphatic hydroxyl groups is 1. The molecule has 2 atom stereocenters. The normalized spacial score (nSPS) is 23.6. The van der Waals surface area contributed by atoms with Gasteiger partial charge in [-0.15, -0.1) is 0 Å². The maximum Gasteiger partial charge on any atom is 0.251 e. The van der Waals surface area contributed by atoms with E-state index in [1.807, 2.05) is 6.92 Å². The Hall–Kier alpha value is -1.42. The van der Waals surface area contributed by atoms with Crippen LogP contribution in [-0.2, 0) is 0 Å². The van der Waals surface area contributed by atoms with E-state index in [1.54, 1.807) is 18.3 Å². The molecule has 4 heteroatoms. The van der Waals surface area contributed by atoms with E-state index in [0.717, 1.165) is 25.0 Å². The van der Waals surface area contributed by atoms with E-state index >= 15 is 0 Å². The lowest BCUT2D eigenvalue weighted by Gasteiger charge is -2.19. The second kappa shape index (κ2) is 5.27. The molecule has 1 aliphatic rings. The number of rotatable bonds is 3. The molecule has 92 valence electrons. The van der Waals surface area contributed by atoms with Crippen LogP contribution in [0.4, 0.5) is 0 Å². The van der Waals surface area contributed by atoms with Gasteiger partial charge in [0, 0.05) is 36.0 Å². The van der Waals surface area contributed by atoms with Crippen LogP contribution in [0.2, 0.25) is 0 Å². The molecule has 1 saturated carbocycles. The third kappa shape index (κ3) is 2.82. The van der Waals surface area contributed by atoms with E-state index in [2.05, 4.69) is 10.3 Å². The van der Waals surface area contributed by atoms with Crippen molar-refractivity contribution in [1.29, 1.82) is 0 Å². The van der Waals surface area contributed by atoms with Crippen molar-refractivity contribution in [3.63, 3.8) is 0 Å². The lowest BCUT2D eigenvalue weighted by molar-refractivity contribution is 0.0916. The van der Waals surface area contributed by atoms with Crippen molar-refractivity contribution in [2.45, 2.75) is 32.2 Å². The van der Waals surface area contributed by atoms with Crippen LogP contribution in [0.1, 0.15) is 35.3 Å². The van der Waals surface area contributed by atoms with Crippen molar-refractivity contribution >= 4 is 5.91 Å². The Balaban J connectivity index is 2.01. The van der Waals surface area contributed by atoms with Gasteiger partial charge in [0.05, 0.1) is 0 Å². The molecule has 4 nitrogen and oxygen atoms in total. The number of amides is 1. The average Bonchev–Trinajstić information content (AvgIpc) is 2.76. The maximum absolute atomic E-state index is 12.0. The monoisotopic (exact) mass is 234 g/mol. The van der Waals surface area contributed by atoms with Gasteiger partial charge < -0.3 is 10.4 Å². The number of aliphatic hydroxyl groups excluding tert-OH is 1. The first-order chi connectivity index (χ1) is 8.20. The predicted molar refractivity (Wildman–Crippen MR) is 64.7 cm³/mol. The fraction of sp³-hybridized carbons (Fsp3) is 0.538. The standard InChI is InChI=1S/C13H18N2O2/c1-9-7-10(5-6-14-9)13(17)15-12-4-2-3-11(12)8-16/h5-7,11-12,16H,2-4,8H2,1H3,(H,15,17). The number of pyridine rings is 1. The molecule has 0 aromatic carbocycles. The smallest absolute Gasteiger partial charge is 0.251 e. The van der Waals surface area contributed by atoms with Gasteiger partial charge in [-0.05, 0) is 31.9 Å². The van der Waals surface area contributed by atoms with Crippen LogP contribution in [0.25, 0.3) is 0 Å². The van der Waals surface area contributed by atoms with Crippen molar-refractivity contribution in [1.82, 2.24) is 10.3 Å². The highest BCUT2D eigenvalue weighted by atomic mass is 16.3. The average molecular weight is 234 g/mol. The van der Waals surface area contributed by atoms with Crippen molar-refractivity contribution in [3.05, 3.63) is 29.6 Å². The van der Waals surface area contributed by atoms with Gasteiger partial charge in [-0.25, -0.2) is 0 Å². The molecule has 2 rings (SSSR count). The number of hydrogen-bond acceptors (Lipinski definition) is 3. The minimum atomic E-state index is -0.0687. The quantitative estimate of drug-likeness (QED) is 0.828. The Morgan fingerprint density at radius 1 is 1.59 bits per heavy atom. The highest BCUT2D eigenvalue weighted by Crippen LogP contribution is 2.25. The van der Waals surface area contributed by atoms with E-state index in [0.29, 0.717) is 5.56 Å². The third-order valence-electron chi connectivity index (χ3n) is 3.37. The van der Waals surface area contributed by atoms with Gasteiger partial charge in [0.2, 0.25) is 0 Å². The van der Waals surface area contributed by atoms with Gasteiger partial charge in [-0.2, -0.15) is 0 Å². The summed E-state index contributed by atoms with van der Waals surface area (Å²) in [5, 5.41) is 12.2. The Bertz CT molecular complexity index is 406. The molecule has 2 N–H and O–H groups in total. The molecule has 1 aliphatic carbocycles. The van der Waals surface area contributed by atoms with Crippen molar-refractivity contribution in [2.24, 2.45) is 5.92 Å². The molecule has 2 unspecified atom stereocenters. The number of carbonyl (C=O) groups excluding carboxylic acids is 1. The summed E-state index contributed by atoms with van der Waals surface area (Å²) in [6.07, 6.45) is 4.67. The summed E-state index contributed by atoms with van der Waals surface area (Å²) in [5.74, 6) is 0.141. The molecule has 0 aliphatic heterocycles. The minimum Gasteiger partial charge on any atom is -0.396 e. The van der Waals surface area contributed by atoms with E-state index in [-0.39, 0.29) is 24.5 Å². The minimum absolute atomic E-state index is 0.0687. The summed E-state index contributed by atoms with van der Waals surface area (Å²) in [6.45, 7) is 2.02. The number of hydrogen-bond donors (Lipinski definition) is 2. The summed E-state index contributed by atoms with van der Waals surface area (Å²) in [7, 11) is 0. The molecule has 0 saturated heterocycles. The molecule has 1 amide bonds. The Labute approximate surface area is 101 Å². The molecule has 0 radical (unpaired) electrons. The first kappa shape index (κ1) is 12.0. The zero-order chi connectivity index (χ0) is 12.3. The summed E-state index contributed by atoms with van der Waals surface area (Å²) in [5.41, 5.74) is 1.48. The van der Waals surface area contributed by atoms with Crippen molar-refractivity contribution in [3.8, 4) is 0 Å². The van der Waals surface area contributed by atoms with E-state index in [4.69, 9.17) is 0 Å². The van der Waals surface area contributed by atoms with E-state index in [1.165, 1.54) is 0 Å². The molecule has 0 bridgehead atoms. The number of aromatic nitrogens is 1. The summed E-state index contributed by atoms with van der Waals surface area (Å²) in [4.78, 5) is 16.1. The lowest BCUT2D eigenvalue weighted by Crippen LogP contribution is -2.38. The van der Waals surface area contributed by atoms with Gasteiger partial charge in [0.15, 0.2) is 0 Å². The van der Waals surface area contributed by atoms with Gasteiger partial charge >= 0.3 is 0 Å². The molecule has 1 fully saturated rings. The fourth-order valence-electron chi connectivity index (χ4n) is 2.38. The SMILES string of the molecule is Cc1cc(C(=O)NC2CCCC2CO)ccn1. The van der Waals surface area contributed by atoms with Gasteiger partial charge in [-0.1, -0.05) is 6.42 Å². The summed E-state index contributed by atoms with van der Waals surface area (Å²) < 4.78 is 0. The van der Waals surface area contributed by atoms with Crippen molar-refractivity contribution < 1.29 is 9.90 Å². The van der Waals surface area contributed by atoms with Crippen LogP contribution in [0, 0.1) is 12.8 Å². The molecule has 1 aromatic rings. The topological polar surface area (TPSA) is 62.2 Å². The van der Waals surface area contributed by atoms with Crippen molar-refractivity contribution in [2.75, 3.05) is 6.61 Å². The number of nitrogens with one attached hydrogen (secondary N) is 1. The summed E-state index contributed by atoms with van der Waals surface area (Å²) >= 11 is 0. The van der Waals surface area contributed by atoms with Gasteiger partial charge in [0.25, 0.3) is 5.91 Å². The molecule has 1 heterocycles. The number of carbonyl (C=O) groups is 1. The van der Waals surface area contributed by atoms with Crippen LogP contribution in [-0.4, -0.2) is 28.6 Å². The largest absolute Gasteiger partial charge is 0.396 e. The van der Waals surface area contributed by atoms with Gasteiger partial charge in [0.1, 0.15) is 0 Å². The maximum atomic E-state index is 12.0. The highest BCUT2D eigenvalue weighted by molar-refractivity contribution is 5.94. The molecule has 1 aromatic heterocycles. The van der Waals surface area contributed by atoms with E-state index in [9.17, 15) is 9.90 Å². The van der Waals surface area contributed by atoms with E-state index < -0.39 is 0 Å². The summed E-state index contributed by atoms with van der Waals surface area (Å²) in [6, 6.07) is 3.60. The van der Waals surface area contributed by atoms with Crippen LogP contribution in [0.3, 0.4) is 0 Å². The predicted octanol–water partition coefficient (Wildman–Crippen LogP) is 1.28. The molecular weight excluding hydrogens is 216 g/mol. The number of aryl methyl sites for hydroxylation is 1. The first-order valence-electron chi connectivity index (χ1n) is 6.05. The first-order valence-corrected chi connectivity index (χ1v) is 6.05. The number of nitrogens with zero attached hydrogens (tertiary/aromatic N) is 1. The van der Waals surface area contributed by atoms with Gasteiger partial charge in [-0.3, -0.25) is 9.78 Å². The van der Waals surface area contributed by atoms with Crippen LogP contribution in [0.5, 0.6) is 0 Å². The second-order valence-corrected chi connectivity index (χ2v) is 4.64. The Morgan fingerprint density at radius 3 is 3.12 bits per heavy atom. The lowest BCUT2D eigenvalue weighted by atomic mass is 10.0. The zero-order valence-electron chi connectivity index (χ0n) is 10.0. The Morgan fingerprint density at radius 2 is 2.41 bits per heavy atom. The highest BCUT2D eigenvalue weighted by Gasteiger charge is 2.28. The van der Waals surface area contributed by atoms with Crippen LogP contribution >= 0.6 is 0 Å². The van der Waals surface area contributed by atoms with Crippen LogP contribution < -0.4 is 5.32 Å². The molecule has 17 heavy (non-hydrogen) atoms. The molecule has 0 spiro atoms. The third-order valence-corrected chi connectivity index (χ3v) is 3.37. The van der Waals surface area contributed by atoms with Crippen LogP contribution in [0.15, 0.2) is 18.3 Å².